The maximum atomic E-state index is 11.8. The van der Waals surface area contributed by atoms with Crippen LogP contribution >= 0.6 is 0 Å². The number of hydrogen-bond donors (Lipinski definition) is 2. The molecule has 1 atom stereocenters. The molecule has 2 rings (SSSR count). The maximum absolute atomic E-state index is 11.8. The zero-order chi connectivity index (χ0) is 10.8. The Balaban J connectivity index is 1.74. The molecule has 15 heavy (non-hydrogen) atoms. The molecule has 0 aromatic carbocycles. The number of amides is 1. The molecule has 1 unspecified atom stereocenters. The molecule has 2 aliphatic heterocycles. The van der Waals surface area contributed by atoms with Crippen molar-refractivity contribution in [1.82, 2.24) is 10.2 Å². The lowest BCUT2D eigenvalue weighted by Gasteiger charge is -2.40. The minimum Gasteiger partial charge on any atom is -0.481 e. The fourth-order valence-corrected chi connectivity index (χ4v) is 2.24. The van der Waals surface area contributed by atoms with E-state index in [1.807, 2.05) is 0 Å². The van der Waals surface area contributed by atoms with Gasteiger partial charge < -0.3 is 15.3 Å². The van der Waals surface area contributed by atoms with Crippen LogP contribution in [0.1, 0.15) is 19.3 Å². The lowest BCUT2D eigenvalue weighted by Crippen LogP contribution is -2.55. The molecule has 2 aliphatic rings. The molecule has 0 saturated carbocycles. The first kappa shape index (κ1) is 10.4. The first-order valence-electron chi connectivity index (χ1n) is 5.41. The number of hydrogen-bond acceptors (Lipinski definition) is 3. The monoisotopic (exact) mass is 212 g/mol. The fraction of sp³-hybridized carbons (Fsp3) is 0.800. The minimum absolute atomic E-state index is 0.0178. The molecule has 0 aliphatic carbocycles. The van der Waals surface area contributed by atoms with Crippen molar-refractivity contribution in [3.63, 3.8) is 0 Å². The van der Waals surface area contributed by atoms with Gasteiger partial charge in [0.2, 0.25) is 5.91 Å². The first-order valence-corrected chi connectivity index (χ1v) is 5.41. The van der Waals surface area contributed by atoms with Gasteiger partial charge in [0.25, 0.3) is 0 Å². The molecule has 2 saturated heterocycles. The lowest BCUT2D eigenvalue weighted by atomic mass is 9.95. The molecule has 5 heteroatoms. The van der Waals surface area contributed by atoms with Crippen LogP contribution in [-0.4, -0.2) is 47.6 Å². The van der Waals surface area contributed by atoms with Crippen molar-refractivity contribution < 1.29 is 14.7 Å². The molecule has 0 aromatic rings. The average Bonchev–Trinajstić information content (AvgIpc) is 2.61. The van der Waals surface area contributed by atoms with Crippen LogP contribution in [0, 0.1) is 5.92 Å². The molecule has 0 radical (unpaired) electrons. The van der Waals surface area contributed by atoms with Gasteiger partial charge >= 0.3 is 5.97 Å². The van der Waals surface area contributed by atoms with Gasteiger partial charge in [0.05, 0.1) is 12.5 Å². The van der Waals surface area contributed by atoms with E-state index in [0.29, 0.717) is 13.1 Å². The van der Waals surface area contributed by atoms with Gasteiger partial charge in [-0.2, -0.15) is 0 Å². The first-order chi connectivity index (χ1) is 7.16. The van der Waals surface area contributed by atoms with E-state index in [4.69, 9.17) is 5.11 Å². The Morgan fingerprint density at radius 3 is 2.67 bits per heavy atom. The summed E-state index contributed by atoms with van der Waals surface area (Å²) in [5.74, 6) is -0.465. The second kappa shape index (κ2) is 4.18. The Hall–Kier alpha value is -1.10. The van der Waals surface area contributed by atoms with Gasteiger partial charge in [0, 0.05) is 19.0 Å². The van der Waals surface area contributed by atoms with Crippen LogP contribution in [0.3, 0.4) is 0 Å². The summed E-state index contributed by atoms with van der Waals surface area (Å²) in [6.07, 6.45) is 2.16. The van der Waals surface area contributed by atoms with Gasteiger partial charge in [-0.05, 0) is 19.4 Å². The third-order valence-electron chi connectivity index (χ3n) is 3.09. The summed E-state index contributed by atoms with van der Waals surface area (Å²) in [4.78, 5) is 24.0. The predicted molar refractivity (Wildman–Crippen MR) is 53.3 cm³/mol. The van der Waals surface area contributed by atoms with E-state index in [1.54, 1.807) is 4.90 Å². The molecule has 2 fully saturated rings. The molecule has 0 bridgehead atoms. The largest absolute Gasteiger partial charge is 0.481 e. The summed E-state index contributed by atoms with van der Waals surface area (Å²) in [5.41, 5.74) is 0. The van der Waals surface area contributed by atoms with Crippen molar-refractivity contribution in [2.24, 2.45) is 5.92 Å². The van der Waals surface area contributed by atoms with E-state index in [9.17, 15) is 9.59 Å². The quantitative estimate of drug-likeness (QED) is 0.672. The van der Waals surface area contributed by atoms with Crippen LogP contribution < -0.4 is 5.32 Å². The standard InChI is InChI=1S/C10H16N2O3/c13-9(14)4-7-5-12(6-7)10(15)8-2-1-3-11-8/h7-8,11H,1-6H2,(H,13,14). The van der Waals surface area contributed by atoms with Crippen molar-refractivity contribution in [1.29, 1.82) is 0 Å². The van der Waals surface area contributed by atoms with Crippen molar-refractivity contribution >= 4 is 11.9 Å². The third-order valence-corrected chi connectivity index (χ3v) is 3.09. The number of carbonyl (C=O) groups is 2. The Kier molecular flexibility index (Phi) is 2.90. The third kappa shape index (κ3) is 2.28. The van der Waals surface area contributed by atoms with E-state index < -0.39 is 5.97 Å². The van der Waals surface area contributed by atoms with Crippen LogP contribution in [0.25, 0.3) is 0 Å². The highest BCUT2D eigenvalue weighted by molar-refractivity contribution is 5.83. The molecule has 84 valence electrons. The summed E-state index contributed by atoms with van der Waals surface area (Å²) >= 11 is 0. The molecule has 0 spiro atoms. The highest BCUT2D eigenvalue weighted by Gasteiger charge is 2.36. The Morgan fingerprint density at radius 2 is 2.13 bits per heavy atom. The predicted octanol–water partition coefficient (Wildman–Crippen LogP) is -0.329. The van der Waals surface area contributed by atoms with Crippen molar-refractivity contribution in [2.45, 2.75) is 25.3 Å². The number of likely N-dealkylation sites (tertiary alicyclic amines) is 1. The topological polar surface area (TPSA) is 69.6 Å². The highest BCUT2D eigenvalue weighted by atomic mass is 16.4. The van der Waals surface area contributed by atoms with E-state index in [1.165, 1.54) is 0 Å². The van der Waals surface area contributed by atoms with Gasteiger partial charge in [-0.25, -0.2) is 0 Å². The summed E-state index contributed by atoms with van der Waals surface area (Å²) < 4.78 is 0. The van der Waals surface area contributed by atoms with E-state index in [0.717, 1.165) is 19.4 Å². The van der Waals surface area contributed by atoms with Gasteiger partial charge in [-0.3, -0.25) is 9.59 Å². The number of aliphatic carboxylic acids is 1. The normalized spacial score (nSPS) is 26.4. The molecule has 2 N–H and O–H groups in total. The smallest absolute Gasteiger partial charge is 0.303 e. The molecular formula is C10H16N2O3. The zero-order valence-electron chi connectivity index (χ0n) is 8.61. The molecule has 2 heterocycles. The molecule has 0 aromatic heterocycles. The van der Waals surface area contributed by atoms with E-state index >= 15 is 0 Å². The van der Waals surface area contributed by atoms with Crippen LogP contribution in [0.5, 0.6) is 0 Å². The zero-order valence-corrected chi connectivity index (χ0v) is 8.61. The summed E-state index contributed by atoms with van der Waals surface area (Å²) in [7, 11) is 0. The molecule has 5 nitrogen and oxygen atoms in total. The number of carboxylic acids is 1. The van der Waals surface area contributed by atoms with Gasteiger partial charge in [-0.15, -0.1) is 0 Å². The molecular weight excluding hydrogens is 196 g/mol. The Morgan fingerprint density at radius 1 is 1.40 bits per heavy atom. The van der Waals surface area contributed by atoms with Crippen LogP contribution in [0.4, 0.5) is 0 Å². The maximum Gasteiger partial charge on any atom is 0.303 e. The minimum atomic E-state index is -0.772. The Labute approximate surface area is 88.4 Å². The summed E-state index contributed by atoms with van der Waals surface area (Å²) in [5, 5.41) is 11.7. The summed E-state index contributed by atoms with van der Waals surface area (Å²) in [6.45, 7) is 2.15. The summed E-state index contributed by atoms with van der Waals surface area (Å²) in [6, 6.07) is -0.0178. The van der Waals surface area contributed by atoms with Crippen LogP contribution in [0.15, 0.2) is 0 Å². The van der Waals surface area contributed by atoms with Gasteiger partial charge in [0.1, 0.15) is 0 Å². The van der Waals surface area contributed by atoms with Gasteiger partial charge in [0.15, 0.2) is 0 Å². The van der Waals surface area contributed by atoms with Crippen LogP contribution in [0.2, 0.25) is 0 Å². The number of nitrogens with one attached hydrogen (secondary N) is 1. The lowest BCUT2D eigenvalue weighted by molar-refractivity contribution is -0.146. The van der Waals surface area contributed by atoms with E-state index in [2.05, 4.69) is 5.32 Å². The van der Waals surface area contributed by atoms with Crippen molar-refractivity contribution in [3.05, 3.63) is 0 Å². The average molecular weight is 212 g/mol. The highest BCUT2D eigenvalue weighted by Crippen LogP contribution is 2.21. The fourth-order valence-electron chi connectivity index (χ4n) is 2.24. The second-order valence-corrected chi connectivity index (χ2v) is 4.36. The van der Waals surface area contributed by atoms with Crippen molar-refractivity contribution in [3.8, 4) is 0 Å². The Bertz CT molecular complexity index is 268. The number of carboxylic acid groups (broad SMARTS) is 1. The number of rotatable bonds is 3. The SMILES string of the molecule is O=C(O)CC1CN(C(=O)C2CCCN2)C1. The molecule has 1 amide bonds. The number of nitrogens with zero attached hydrogens (tertiary/aromatic N) is 1. The van der Waals surface area contributed by atoms with Crippen LogP contribution in [-0.2, 0) is 9.59 Å². The van der Waals surface area contributed by atoms with E-state index in [-0.39, 0.29) is 24.3 Å². The number of carbonyl (C=O) groups excluding carboxylic acids is 1. The van der Waals surface area contributed by atoms with Gasteiger partial charge in [-0.1, -0.05) is 0 Å². The van der Waals surface area contributed by atoms with Crippen molar-refractivity contribution in [2.75, 3.05) is 19.6 Å². The second-order valence-electron chi connectivity index (χ2n) is 4.36.